The first-order valence-electron chi connectivity index (χ1n) is 4.28. The van der Waals surface area contributed by atoms with E-state index in [0.717, 1.165) is 0 Å². The number of pyridine rings is 1. The standard InChI is InChI=1S/C11H7Cl2NO.Na.H/c12-8-5-6-14-11(10(8)13)7-3-1-2-4-9(7)15;;/h1-6,15H;;. The first-order valence-corrected chi connectivity index (χ1v) is 5.04. The molecule has 5 heteroatoms. The van der Waals surface area contributed by atoms with E-state index in [-0.39, 0.29) is 35.3 Å². The van der Waals surface area contributed by atoms with Crippen LogP contribution in [0.3, 0.4) is 0 Å². The van der Waals surface area contributed by atoms with Crippen molar-refractivity contribution in [1.29, 1.82) is 0 Å². The van der Waals surface area contributed by atoms with Gasteiger partial charge in [0.1, 0.15) is 5.75 Å². The number of halogens is 2. The zero-order valence-electron chi connectivity index (χ0n) is 7.61. The monoisotopic (exact) mass is 263 g/mol. The molecule has 0 aliphatic carbocycles. The van der Waals surface area contributed by atoms with Gasteiger partial charge in [-0.2, -0.15) is 0 Å². The van der Waals surface area contributed by atoms with Crippen molar-refractivity contribution in [3.63, 3.8) is 0 Å². The van der Waals surface area contributed by atoms with Crippen molar-refractivity contribution in [1.82, 2.24) is 4.98 Å². The average molecular weight is 264 g/mol. The predicted octanol–water partition coefficient (Wildman–Crippen LogP) is 3.11. The molecular weight excluding hydrogens is 256 g/mol. The van der Waals surface area contributed by atoms with E-state index < -0.39 is 0 Å². The average Bonchev–Trinajstić information content (AvgIpc) is 2.23. The van der Waals surface area contributed by atoms with Gasteiger partial charge in [0.25, 0.3) is 0 Å². The minimum atomic E-state index is 0. The van der Waals surface area contributed by atoms with Crippen LogP contribution in [-0.4, -0.2) is 39.6 Å². The van der Waals surface area contributed by atoms with Gasteiger partial charge in [-0.05, 0) is 18.2 Å². The third-order valence-electron chi connectivity index (χ3n) is 2.00. The van der Waals surface area contributed by atoms with Crippen molar-refractivity contribution < 1.29 is 5.11 Å². The third-order valence-corrected chi connectivity index (χ3v) is 2.80. The molecule has 0 aliphatic rings. The summed E-state index contributed by atoms with van der Waals surface area (Å²) in [5.74, 6) is 0.133. The molecule has 0 amide bonds. The zero-order valence-corrected chi connectivity index (χ0v) is 9.13. The van der Waals surface area contributed by atoms with Crippen LogP contribution in [0, 0.1) is 0 Å². The molecule has 0 saturated heterocycles. The van der Waals surface area contributed by atoms with E-state index >= 15 is 0 Å². The second kappa shape index (κ2) is 5.89. The number of nitrogens with zero attached hydrogens (tertiary/aromatic N) is 1. The van der Waals surface area contributed by atoms with Gasteiger partial charge in [0, 0.05) is 11.8 Å². The molecule has 16 heavy (non-hydrogen) atoms. The predicted molar refractivity (Wildman–Crippen MR) is 68.5 cm³/mol. The van der Waals surface area contributed by atoms with E-state index in [0.29, 0.717) is 21.3 Å². The molecule has 0 saturated carbocycles. The summed E-state index contributed by atoms with van der Waals surface area (Å²) in [5, 5.41) is 10.4. The quantitative estimate of drug-likeness (QED) is 0.803. The summed E-state index contributed by atoms with van der Waals surface area (Å²) in [6, 6.07) is 8.45. The van der Waals surface area contributed by atoms with Crippen molar-refractivity contribution in [2.75, 3.05) is 0 Å². The van der Waals surface area contributed by atoms with Crippen molar-refractivity contribution in [2.45, 2.75) is 0 Å². The molecular formula is C11H8Cl2NNaO. The van der Waals surface area contributed by atoms with Gasteiger partial charge in [0.2, 0.25) is 0 Å². The summed E-state index contributed by atoms with van der Waals surface area (Å²) in [6.07, 6.45) is 1.55. The Balaban J connectivity index is 0.00000128. The molecule has 0 aliphatic heterocycles. The summed E-state index contributed by atoms with van der Waals surface area (Å²) >= 11 is 11.9. The summed E-state index contributed by atoms with van der Waals surface area (Å²) in [5.41, 5.74) is 1.06. The van der Waals surface area contributed by atoms with Gasteiger partial charge in [-0.1, -0.05) is 35.3 Å². The van der Waals surface area contributed by atoms with Crippen LogP contribution in [0.5, 0.6) is 5.75 Å². The molecule has 0 bridgehead atoms. The van der Waals surface area contributed by atoms with Crippen LogP contribution >= 0.6 is 23.2 Å². The Bertz CT molecular complexity index is 505. The van der Waals surface area contributed by atoms with E-state index in [1.54, 1.807) is 36.5 Å². The number of phenolic OH excluding ortho intramolecular Hbond substituents is 1. The number of hydrogen-bond donors (Lipinski definition) is 1. The molecule has 2 rings (SSSR count). The van der Waals surface area contributed by atoms with Crippen molar-refractivity contribution in [3.05, 3.63) is 46.6 Å². The van der Waals surface area contributed by atoms with Crippen molar-refractivity contribution in [2.24, 2.45) is 0 Å². The fourth-order valence-electron chi connectivity index (χ4n) is 1.28. The second-order valence-corrected chi connectivity index (χ2v) is 3.76. The number of aromatic hydroxyl groups is 1. The maximum atomic E-state index is 9.64. The molecule has 1 aromatic carbocycles. The Morgan fingerprint density at radius 3 is 2.44 bits per heavy atom. The van der Waals surface area contributed by atoms with Crippen LogP contribution in [0.1, 0.15) is 0 Å². The summed E-state index contributed by atoms with van der Waals surface area (Å²) in [7, 11) is 0. The van der Waals surface area contributed by atoms with Crippen LogP contribution in [0.15, 0.2) is 36.5 Å². The van der Waals surface area contributed by atoms with E-state index in [1.807, 2.05) is 0 Å². The van der Waals surface area contributed by atoms with E-state index in [1.165, 1.54) is 0 Å². The SMILES string of the molecule is Oc1ccccc1-c1nccc(Cl)c1Cl.[NaH]. The number of aromatic nitrogens is 1. The van der Waals surface area contributed by atoms with Gasteiger partial charge in [-0.15, -0.1) is 0 Å². The first-order chi connectivity index (χ1) is 7.20. The summed E-state index contributed by atoms with van der Waals surface area (Å²) in [6.45, 7) is 0. The molecule has 78 valence electrons. The van der Waals surface area contributed by atoms with Gasteiger partial charge >= 0.3 is 29.6 Å². The molecule has 1 heterocycles. The summed E-state index contributed by atoms with van der Waals surface area (Å²) < 4.78 is 0. The second-order valence-electron chi connectivity index (χ2n) is 2.97. The molecule has 0 atom stereocenters. The molecule has 2 aromatic rings. The van der Waals surface area contributed by atoms with Gasteiger partial charge in [-0.3, -0.25) is 4.98 Å². The summed E-state index contributed by atoms with van der Waals surface area (Å²) in [4.78, 5) is 4.09. The Hall–Kier alpha value is -0.250. The number of benzene rings is 1. The maximum absolute atomic E-state index is 9.64. The normalized spacial score (nSPS) is 9.62. The van der Waals surface area contributed by atoms with Gasteiger partial charge in [-0.25, -0.2) is 0 Å². The van der Waals surface area contributed by atoms with Crippen molar-refractivity contribution >= 4 is 52.8 Å². The fourth-order valence-corrected chi connectivity index (χ4v) is 1.64. The van der Waals surface area contributed by atoms with Crippen LogP contribution in [0.4, 0.5) is 0 Å². The zero-order chi connectivity index (χ0) is 10.8. The topological polar surface area (TPSA) is 33.1 Å². The molecule has 1 aromatic heterocycles. The number of rotatable bonds is 1. The third kappa shape index (κ3) is 2.70. The number of phenols is 1. The number of hydrogen-bond acceptors (Lipinski definition) is 2. The Labute approximate surface area is 126 Å². The molecule has 0 radical (unpaired) electrons. The molecule has 1 N–H and O–H groups in total. The van der Waals surface area contributed by atoms with Crippen LogP contribution in [0.25, 0.3) is 11.3 Å². The van der Waals surface area contributed by atoms with E-state index in [2.05, 4.69) is 4.98 Å². The molecule has 0 fully saturated rings. The fraction of sp³-hybridized carbons (Fsp3) is 0. The van der Waals surface area contributed by atoms with Crippen molar-refractivity contribution in [3.8, 4) is 17.0 Å². The molecule has 0 unspecified atom stereocenters. The Morgan fingerprint density at radius 2 is 1.75 bits per heavy atom. The van der Waals surface area contributed by atoms with E-state index in [9.17, 15) is 5.11 Å². The molecule has 0 spiro atoms. The first kappa shape index (κ1) is 13.8. The Morgan fingerprint density at radius 1 is 1.06 bits per heavy atom. The van der Waals surface area contributed by atoms with Crippen LogP contribution in [0.2, 0.25) is 10.0 Å². The Kier molecular flexibility index (Phi) is 5.09. The van der Waals surface area contributed by atoms with Crippen LogP contribution < -0.4 is 0 Å². The molecule has 2 nitrogen and oxygen atoms in total. The van der Waals surface area contributed by atoms with Gasteiger partial charge in [0.15, 0.2) is 0 Å². The van der Waals surface area contributed by atoms with E-state index in [4.69, 9.17) is 23.2 Å². The van der Waals surface area contributed by atoms with Gasteiger partial charge in [0.05, 0.1) is 15.7 Å². The van der Waals surface area contributed by atoms with Crippen LogP contribution in [-0.2, 0) is 0 Å². The number of para-hydroxylation sites is 1. The minimum absolute atomic E-state index is 0. The van der Waals surface area contributed by atoms with Gasteiger partial charge < -0.3 is 5.11 Å².